The second-order valence-corrected chi connectivity index (χ2v) is 7.45. The van der Waals surface area contributed by atoms with Gasteiger partial charge in [0.25, 0.3) is 15.7 Å². The van der Waals surface area contributed by atoms with Gasteiger partial charge in [0, 0.05) is 31.3 Å². The van der Waals surface area contributed by atoms with Crippen LogP contribution in [0.25, 0.3) is 0 Å². The number of halogens is 1. The van der Waals surface area contributed by atoms with E-state index in [-0.39, 0.29) is 29.5 Å². The van der Waals surface area contributed by atoms with Crippen molar-refractivity contribution in [3.63, 3.8) is 0 Å². The molecule has 0 atom stereocenters. The third-order valence-electron chi connectivity index (χ3n) is 4.03. The molecule has 0 unspecified atom stereocenters. The monoisotopic (exact) mass is 383 g/mol. The lowest BCUT2D eigenvalue weighted by Crippen LogP contribution is -2.34. The highest BCUT2D eigenvalue weighted by molar-refractivity contribution is 7.92. The van der Waals surface area contributed by atoms with Gasteiger partial charge in [0.1, 0.15) is 0 Å². The summed E-state index contributed by atoms with van der Waals surface area (Å²) in [5.74, 6) is 0. The van der Waals surface area contributed by atoms with E-state index in [1.165, 1.54) is 16.4 Å². The van der Waals surface area contributed by atoms with E-state index in [0.717, 1.165) is 11.6 Å². The van der Waals surface area contributed by atoms with E-state index in [2.05, 4.69) is 5.32 Å². The fraction of sp³-hybridized carbons (Fsp3) is 0.250. The Morgan fingerprint density at radius 1 is 1.20 bits per heavy atom. The number of nitro benzene ring substituents is 1. The van der Waals surface area contributed by atoms with Gasteiger partial charge in [0.05, 0.1) is 15.5 Å². The maximum Gasteiger partial charge on any atom is 0.273 e. The third-order valence-corrected chi connectivity index (χ3v) is 5.84. The van der Waals surface area contributed by atoms with Gasteiger partial charge in [-0.2, -0.15) is 0 Å². The molecule has 0 saturated heterocycles. The molecule has 1 aliphatic rings. The maximum absolute atomic E-state index is 13.1. The fourth-order valence-electron chi connectivity index (χ4n) is 2.75. The lowest BCUT2D eigenvalue weighted by molar-refractivity contribution is -0.385. The number of fused-ring (bicyclic) bond motifs is 1. The summed E-state index contributed by atoms with van der Waals surface area (Å²) in [5, 5.41) is 14.3. The van der Waals surface area contributed by atoms with E-state index in [0.29, 0.717) is 24.3 Å². The van der Waals surface area contributed by atoms with Crippen molar-refractivity contribution < 1.29 is 13.3 Å². The molecule has 7 nitrogen and oxygen atoms in total. The second-order valence-electron chi connectivity index (χ2n) is 5.59. The zero-order valence-electron chi connectivity index (χ0n) is 13.5. The summed E-state index contributed by atoms with van der Waals surface area (Å²) in [7, 11) is -3.88. The molecule has 25 heavy (non-hydrogen) atoms. The van der Waals surface area contributed by atoms with Crippen LogP contribution in [0.2, 0.25) is 0 Å². The van der Waals surface area contributed by atoms with Crippen LogP contribution in [0.15, 0.2) is 47.4 Å². The molecule has 0 amide bonds. The number of para-hydroxylation sites is 1. The van der Waals surface area contributed by atoms with Crippen molar-refractivity contribution >= 4 is 33.8 Å². The van der Waals surface area contributed by atoms with E-state index in [4.69, 9.17) is 0 Å². The van der Waals surface area contributed by atoms with Crippen LogP contribution >= 0.6 is 12.4 Å². The van der Waals surface area contributed by atoms with Crippen LogP contribution in [-0.2, 0) is 16.6 Å². The summed E-state index contributed by atoms with van der Waals surface area (Å²) >= 11 is 0. The van der Waals surface area contributed by atoms with Crippen LogP contribution in [0.1, 0.15) is 11.1 Å². The Morgan fingerprint density at radius 3 is 2.64 bits per heavy atom. The van der Waals surface area contributed by atoms with Gasteiger partial charge in [-0.3, -0.25) is 14.4 Å². The molecule has 3 rings (SSSR count). The summed E-state index contributed by atoms with van der Waals surface area (Å²) in [6.45, 7) is 2.93. The Balaban J connectivity index is 0.00000225. The van der Waals surface area contributed by atoms with Crippen LogP contribution in [0.5, 0.6) is 0 Å². The summed E-state index contributed by atoms with van der Waals surface area (Å²) in [4.78, 5) is 10.5. The molecule has 1 N–H and O–H groups in total. The van der Waals surface area contributed by atoms with Gasteiger partial charge >= 0.3 is 0 Å². The number of sulfonamides is 1. The molecule has 0 spiro atoms. The van der Waals surface area contributed by atoms with E-state index >= 15 is 0 Å². The minimum absolute atomic E-state index is 0. The predicted molar refractivity (Wildman–Crippen MR) is 97.8 cm³/mol. The highest BCUT2D eigenvalue weighted by Gasteiger charge is 2.29. The average Bonchev–Trinajstić information content (AvgIpc) is 2.77. The van der Waals surface area contributed by atoms with Gasteiger partial charge in [-0.25, -0.2) is 8.42 Å². The van der Waals surface area contributed by atoms with Crippen LogP contribution in [0.3, 0.4) is 0 Å². The molecule has 134 valence electrons. The first-order valence-corrected chi connectivity index (χ1v) is 8.91. The van der Waals surface area contributed by atoms with Crippen molar-refractivity contribution in [2.45, 2.75) is 18.4 Å². The second kappa shape index (κ2) is 7.38. The first-order valence-electron chi connectivity index (χ1n) is 7.47. The van der Waals surface area contributed by atoms with E-state index in [1.54, 1.807) is 19.1 Å². The van der Waals surface area contributed by atoms with Gasteiger partial charge < -0.3 is 5.32 Å². The minimum Gasteiger partial charge on any atom is -0.311 e. The van der Waals surface area contributed by atoms with E-state index in [9.17, 15) is 18.5 Å². The Morgan fingerprint density at radius 2 is 1.92 bits per heavy atom. The van der Waals surface area contributed by atoms with Crippen molar-refractivity contribution in [3.05, 3.63) is 63.7 Å². The molecule has 0 radical (unpaired) electrons. The van der Waals surface area contributed by atoms with Gasteiger partial charge in [-0.15, -0.1) is 12.4 Å². The molecule has 2 aromatic rings. The molecule has 1 aliphatic heterocycles. The molecule has 2 aromatic carbocycles. The number of aryl methyl sites for hydroxylation is 1. The maximum atomic E-state index is 13.1. The van der Waals surface area contributed by atoms with Crippen LogP contribution in [0, 0.1) is 17.0 Å². The zero-order valence-corrected chi connectivity index (χ0v) is 15.1. The standard InChI is InChI=1S/C16H17N3O4S.ClH/c1-12-6-7-14(10-16(12)19(20)21)24(22,23)18-9-8-17-11-13-4-2-3-5-15(13)18;/h2-7,10,17H,8-9,11H2,1H3;1H. The van der Waals surface area contributed by atoms with Gasteiger partial charge in [0.15, 0.2) is 0 Å². The molecule has 0 aliphatic carbocycles. The van der Waals surface area contributed by atoms with Crippen LogP contribution in [-0.4, -0.2) is 26.4 Å². The van der Waals surface area contributed by atoms with Crippen LogP contribution < -0.4 is 9.62 Å². The van der Waals surface area contributed by atoms with Gasteiger partial charge in [0.2, 0.25) is 0 Å². The van der Waals surface area contributed by atoms with E-state index < -0.39 is 14.9 Å². The predicted octanol–water partition coefficient (Wildman–Crippen LogP) is 2.62. The first-order chi connectivity index (χ1) is 11.4. The van der Waals surface area contributed by atoms with Crippen molar-refractivity contribution in [2.75, 3.05) is 17.4 Å². The lowest BCUT2D eigenvalue weighted by Gasteiger charge is -2.24. The number of nitro groups is 1. The average molecular weight is 384 g/mol. The molecule has 0 aromatic heterocycles. The van der Waals surface area contributed by atoms with Crippen molar-refractivity contribution in [1.29, 1.82) is 0 Å². The van der Waals surface area contributed by atoms with Crippen molar-refractivity contribution in [1.82, 2.24) is 5.32 Å². The number of hydrogen-bond acceptors (Lipinski definition) is 5. The molecular formula is C16H18ClN3O4S. The summed E-state index contributed by atoms with van der Waals surface area (Å²) in [6, 6.07) is 11.3. The molecule has 0 saturated carbocycles. The Kier molecular flexibility index (Phi) is 5.66. The quantitative estimate of drug-likeness (QED) is 0.649. The number of hydrogen-bond donors (Lipinski definition) is 1. The zero-order chi connectivity index (χ0) is 17.3. The Hall–Kier alpha value is -2.16. The van der Waals surface area contributed by atoms with E-state index in [1.807, 2.05) is 12.1 Å². The smallest absolute Gasteiger partial charge is 0.273 e. The summed E-state index contributed by atoms with van der Waals surface area (Å²) < 4.78 is 27.4. The third kappa shape index (κ3) is 3.60. The number of anilines is 1. The molecule has 0 bridgehead atoms. The molecule has 1 heterocycles. The summed E-state index contributed by atoms with van der Waals surface area (Å²) in [5.41, 5.74) is 1.71. The highest BCUT2D eigenvalue weighted by atomic mass is 35.5. The van der Waals surface area contributed by atoms with Crippen molar-refractivity contribution in [2.24, 2.45) is 0 Å². The van der Waals surface area contributed by atoms with Crippen molar-refractivity contribution in [3.8, 4) is 0 Å². The summed E-state index contributed by atoms with van der Waals surface area (Å²) in [6.07, 6.45) is 0. The van der Waals surface area contributed by atoms with Crippen LogP contribution in [0.4, 0.5) is 11.4 Å². The fourth-order valence-corrected chi connectivity index (χ4v) is 4.27. The number of nitrogens with one attached hydrogen (secondary N) is 1. The SMILES string of the molecule is Cc1ccc(S(=O)(=O)N2CCNCc3ccccc32)cc1[N+](=O)[O-].Cl. The Labute approximate surface area is 152 Å². The number of benzene rings is 2. The first kappa shape index (κ1) is 19.2. The topological polar surface area (TPSA) is 92.6 Å². The largest absolute Gasteiger partial charge is 0.311 e. The van der Waals surface area contributed by atoms with Gasteiger partial charge in [-0.1, -0.05) is 24.3 Å². The molecule has 9 heteroatoms. The number of rotatable bonds is 3. The highest BCUT2D eigenvalue weighted by Crippen LogP contribution is 2.30. The normalized spacial score (nSPS) is 14.2. The number of nitrogens with zero attached hydrogens (tertiary/aromatic N) is 2. The Bertz CT molecular complexity index is 902. The molecular weight excluding hydrogens is 366 g/mol. The lowest BCUT2D eigenvalue weighted by atomic mass is 10.2. The molecule has 0 fully saturated rings. The van der Waals surface area contributed by atoms with Gasteiger partial charge in [-0.05, 0) is 24.6 Å². The minimum atomic E-state index is -3.88.